The summed E-state index contributed by atoms with van der Waals surface area (Å²) >= 11 is 0. The fraction of sp³-hybridized carbons (Fsp3) is 0.190. The van der Waals surface area contributed by atoms with Crippen LogP contribution in [0.15, 0.2) is 54.7 Å². The van der Waals surface area contributed by atoms with Crippen LogP contribution in [-0.2, 0) is 13.0 Å². The summed E-state index contributed by atoms with van der Waals surface area (Å²) in [5, 5.41) is 8.46. The number of aromatic nitrogens is 6. The molecule has 0 saturated carbocycles. The number of nitrogen functional groups attached to an aromatic ring is 1. The highest BCUT2D eigenvalue weighted by Crippen LogP contribution is 2.30. The normalized spacial score (nSPS) is 10.8. The van der Waals surface area contributed by atoms with E-state index in [4.69, 9.17) is 10.5 Å². The summed E-state index contributed by atoms with van der Waals surface area (Å²) in [6.45, 7) is 2.61. The first-order valence-corrected chi connectivity index (χ1v) is 9.29. The summed E-state index contributed by atoms with van der Waals surface area (Å²) in [6.07, 6.45) is 2.72. The van der Waals surface area contributed by atoms with E-state index in [0.717, 1.165) is 23.4 Å². The lowest BCUT2D eigenvalue weighted by Crippen LogP contribution is -2.03. The minimum atomic E-state index is 0.162. The zero-order chi connectivity index (χ0) is 20.2. The summed E-state index contributed by atoms with van der Waals surface area (Å²) in [4.78, 5) is 13.3. The number of rotatable bonds is 6. The molecule has 2 N–H and O–H groups in total. The molecule has 0 amide bonds. The quantitative estimate of drug-likeness (QED) is 0.542. The minimum Gasteiger partial charge on any atom is -0.496 e. The van der Waals surface area contributed by atoms with E-state index in [2.05, 4.69) is 32.2 Å². The second-order valence-corrected chi connectivity index (χ2v) is 6.47. The maximum Gasteiger partial charge on any atom is 0.221 e. The Morgan fingerprint density at radius 3 is 2.55 bits per heavy atom. The van der Waals surface area contributed by atoms with Crippen LogP contribution in [0.3, 0.4) is 0 Å². The van der Waals surface area contributed by atoms with E-state index in [1.165, 1.54) is 0 Å². The fourth-order valence-corrected chi connectivity index (χ4v) is 3.06. The molecule has 0 aliphatic heterocycles. The lowest BCUT2D eigenvalue weighted by Gasteiger charge is -2.08. The third kappa shape index (κ3) is 4.06. The molecule has 0 aliphatic carbocycles. The van der Waals surface area contributed by atoms with Gasteiger partial charge >= 0.3 is 0 Å². The third-order valence-corrected chi connectivity index (χ3v) is 4.48. The lowest BCUT2D eigenvalue weighted by atomic mass is 10.1. The van der Waals surface area contributed by atoms with Crippen LogP contribution in [0.1, 0.15) is 18.3 Å². The van der Waals surface area contributed by atoms with E-state index in [1.54, 1.807) is 11.8 Å². The predicted octanol–water partition coefficient (Wildman–Crippen LogP) is 3.00. The topological polar surface area (TPSA) is 105 Å². The standard InChI is InChI=1S/C21H21N7O/c1-3-14-7-6-8-15(23-14)12-28-13-19(26-27-28)18-11-17(24-21(22)25-18)16-9-4-5-10-20(16)29-2/h4-11,13H,3,12H2,1-2H3,(H2,22,24,25). The van der Waals surface area contributed by atoms with E-state index in [0.29, 0.717) is 29.4 Å². The van der Waals surface area contributed by atoms with E-state index in [1.807, 2.05) is 54.7 Å². The van der Waals surface area contributed by atoms with Gasteiger partial charge in [0.2, 0.25) is 5.95 Å². The Hall–Kier alpha value is -3.81. The fourth-order valence-electron chi connectivity index (χ4n) is 3.06. The van der Waals surface area contributed by atoms with Crippen LogP contribution in [0.25, 0.3) is 22.6 Å². The van der Waals surface area contributed by atoms with Crippen molar-refractivity contribution in [1.29, 1.82) is 0 Å². The van der Waals surface area contributed by atoms with Gasteiger partial charge in [0, 0.05) is 11.3 Å². The van der Waals surface area contributed by atoms with Gasteiger partial charge in [-0.25, -0.2) is 14.6 Å². The molecule has 0 spiro atoms. The molecule has 3 aromatic heterocycles. The summed E-state index contributed by atoms with van der Waals surface area (Å²) in [5.41, 5.74) is 10.6. The van der Waals surface area contributed by atoms with Crippen molar-refractivity contribution in [2.24, 2.45) is 0 Å². The number of benzene rings is 1. The maximum absolute atomic E-state index is 5.96. The number of hydrogen-bond acceptors (Lipinski definition) is 7. The zero-order valence-corrected chi connectivity index (χ0v) is 16.3. The molecule has 4 rings (SSSR count). The first-order chi connectivity index (χ1) is 14.2. The van der Waals surface area contributed by atoms with Crippen LogP contribution in [0.5, 0.6) is 5.75 Å². The zero-order valence-electron chi connectivity index (χ0n) is 16.3. The number of methoxy groups -OCH3 is 1. The van der Waals surface area contributed by atoms with Gasteiger partial charge in [0.15, 0.2) is 0 Å². The van der Waals surface area contributed by atoms with Crippen LogP contribution in [0.4, 0.5) is 5.95 Å². The molecular formula is C21H21N7O. The first-order valence-electron chi connectivity index (χ1n) is 9.29. The molecule has 0 fully saturated rings. The molecule has 0 atom stereocenters. The second kappa shape index (κ2) is 8.05. The predicted molar refractivity (Wildman–Crippen MR) is 110 cm³/mol. The van der Waals surface area contributed by atoms with Gasteiger partial charge < -0.3 is 10.5 Å². The Bertz CT molecular complexity index is 1140. The average molecular weight is 387 g/mol. The molecule has 8 heteroatoms. The Labute approximate surface area is 168 Å². The molecule has 4 aromatic rings. The molecule has 29 heavy (non-hydrogen) atoms. The van der Waals surface area contributed by atoms with Crippen LogP contribution < -0.4 is 10.5 Å². The van der Waals surface area contributed by atoms with Crippen LogP contribution in [0, 0.1) is 0 Å². The average Bonchev–Trinajstić information content (AvgIpc) is 3.22. The highest BCUT2D eigenvalue weighted by Gasteiger charge is 2.13. The smallest absolute Gasteiger partial charge is 0.221 e. The molecule has 0 unspecified atom stereocenters. The molecule has 0 aliphatic rings. The highest BCUT2D eigenvalue weighted by atomic mass is 16.5. The van der Waals surface area contributed by atoms with Gasteiger partial charge in [0.25, 0.3) is 0 Å². The number of hydrogen-bond donors (Lipinski definition) is 1. The van der Waals surface area contributed by atoms with Gasteiger partial charge in [-0.2, -0.15) is 0 Å². The lowest BCUT2D eigenvalue weighted by molar-refractivity contribution is 0.416. The van der Waals surface area contributed by atoms with Crippen molar-refractivity contribution >= 4 is 5.95 Å². The number of nitrogens with two attached hydrogens (primary N) is 1. The number of anilines is 1. The number of pyridine rings is 1. The number of para-hydroxylation sites is 1. The van der Waals surface area contributed by atoms with Crippen molar-refractivity contribution in [2.75, 3.05) is 12.8 Å². The highest BCUT2D eigenvalue weighted by molar-refractivity contribution is 5.71. The van der Waals surface area contributed by atoms with Crippen molar-refractivity contribution in [3.8, 4) is 28.4 Å². The SMILES string of the molecule is CCc1cccc(Cn2cc(-c3cc(-c4ccccc4OC)nc(N)n3)nn2)n1. The number of ether oxygens (including phenoxy) is 1. The maximum atomic E-state index is 5.96. The van der Waals surface area contributed by atoms with Gasteiger partial charge in [-0.1, -0.05) is 30.3 Å². The largest absolute Gasteiger partial charge is 0.496 e. The second-order valence-electron chi connectivity index (χ2n) is 6.47. The molecule has 0 saturated heterocycles. The molecule has 8 nitrogen and oxygen atoms in total. The Morgan fingerprint density at radius 1 is 0.931 bits per heavy atom. The van der Waals surface area contributed by atoms with Gasteiger partial charge in [0.1, 0.15) is 11.4 Å². The van der Waals surface area contributed by atoms with E-state index < -0.39 is 0 Å². The summed E-state index contributed by atoms with van der Waals surface area (Å²) in [6, 6.07) is 15.4. The van der Waals surface area contributed by atoms with Gasteiger partial charge in [0.05, 0.1) is 36.9 Å². The summed E-state index contributed by atoms with van der Waals surface area (Å²) in [7, 11) is 1.62. The molecule has 146 valence electrons. The summed E-state index contributed by atoms with van der Waals surface area (Å²) < 4.78 is 7.17. The molecular weight excluding hydrogens is 366 g/mol. The monoisotopic (exact) mass is 387 g/mol. The minimum absolute atomic E-state index is 0.162. The van der Waals surface area contributed by atoms with E-state index in [9.17, 15) is 0 Å². The molecule has 0 bridgehead atoms. The third-order valence-electron chi connectivity index (χ3n) is 4.48. The Morgan fingerprint density at radius 2 is 1.72 bits per heavy atom. The van der Waals surface area contributed by atoms with Crippen molar-refractivity contribution in [2.45, 2.75) is 19.9 Å². The number of aryl methyl sites for hydroxylation is 1. The van der Waals surface area contributed by atoms with Gasteiger partial charge in [-0.15, -0.1) is 5.10 Å². The summed E-state index contributed by atoms with van der Waals surface area (Å²) in [5.74, 6) is 0.873. The Kier molecular flexibility index (Phi) is 5.15. The van der Waals surface area contributed by atoms with Gasteiger partial charge in [-0.3, -0.25) is 4.98 Å². The van der Waals surface area contributed by atoms with Gasteiger partial charge in [-0.05, 0) is 36.8 Å². The van der Waals surface area contributed by atoms with Crippen molar-refractivity contribution in [3.63, 3.8) is 0 Å². The van der Waals surface area contributed by atoms with E-state index in [-0.39, 0.29) is 5.95 Å². The molecule has 1 aromatic carbocycles. The van der Waals surface area contributed by atoms with Crippen molar-refractivity contribution in [3.05, 3.63) is 66.1 Å². The van der Waals surface area contributed by atoms with Crippen molar-refractivity contribution < 1.29 is 4.74 Å². The molecule has 3 heterocycles. The van der Waals surface area contributed by atoms with Crippen LogP contribution in [0.2, 0.25) is 0 Å². The Balaban J connectivity index is 1.65. The van der Waals surface area contributed by atoms with Crippen LogP contribution >= 0.6 is 0 Å². The van der Waals surface area contributed by atoms with Crippen LogP contribution in [-0.4, -0.2) is 37.1 Å². The van der Waals surface area contributed by atoms with E-state index >= 15 is 0 Å². The number of nitrogens with zero attached hydrogens (tertiary/aromatic N) is 6. The molecule has 0 radical (unpaired) electrons. The first kappa shape index (κ1) is 18.5. The van der Waals surface area contributed by atoms with Crippen molar-refractivity contribution in [1.82, 2.24) is 29.9 Å².